The maximum Gasteiger partial charge on any atom is 0.297 e. The smallest absolute Gasteiger partial charge is 0.297 e. The minimum atomic E-state index is -0.282. The summed E-state index contributed by atoms with van der Waals surface area (Å²) in [5, 5.41) is 15.5. The highest BCUT2D eigenvalue weighted by atomic mass is 32.2. The number of hydrogen-bond donors (Lipinski definition) is 1. The van der Waals surface area contributed by atoms with E-state index in [1.54, 1.807) is 30.8 Å². The van der Waals surface area contributed by atoms with Gasteiger partial charge in [-0.1, -0.05) is 30.0 Å². The number of phenolic OH excluding ortho intramolecular Hbond substituents is 1. The van der Waals surface area contributed by atoms with E-state index < -0.39 is 0 Å². The third-order valence-corrected chi connectivity index (χ3v) is 5.91. The second-order valence-electron chi connectivity index (χ2n) is 6.97. The molecule has 0 radical (unpaired) electrons. The Labute approximate surface area is 188 Å². The molecule has 32 heavy (non-hydrogen) atoms. The van der Waals surface area contributed by atoms with Gasteiger partial charge in [0, 0.05) is 7.05 Å². The number of methoxy groups -OCH3 is 1. The van der Waals surface area contributed by atoms with Crippen LogP contribution in [-0.4, -0.2) is 49.6 Å². The van der Waals surface area contributed by atoms with Gasteiger partial charge in [0.1, 0.15) is 0 Å². The first kappa shape index (κ1) is 21.4. The third kappa shape index (κ3) is 3.92. The highest BCUT2D eigenvalue weighted by Crippen LogP contribution is 2.27. The average molecular weight is 452 g/mol. The van der Waals surface area contributed by atoms with Crippen molar-refractivity contribution >= 4 is 34.7 Å². The van der Waals surface area contributed by atoms with Crippen molar-refractivity contribution in [2.24, 2.45) is 17.1 Å². The largest absolute Gasteiger partial charge is 0.504 e. The van der Waals surface area contributed by atoms with Gasteiger partial charge in [0.15, 0.2) is 22.4 Å². The molecule has 0 spiro atoms. The molecular formula is C22H21N5O4S. The number of hydrogen-bond acceptors (Lipinski definition) is 7. The molecule has 1 amide bonds. The number of carbonyl (C=O) groups excluding carboxylic acids is 1. The molecule has 9 nitrogen and oxygen atoms in total. The number of aromatic hydroxyl groups is 1. The first-order valence-electron chi connectivity index (χ1n) is 9.70. The van der Waals surface area contributed by atoms with Crippen molar-refractivity contribution in [3.8, 4) is 17.2 Å². The number of benzene rings is 2. The van der Waals surface area contributed by atoms with Crippen LogP contribution in [0, 0.1) is 6.92 Å². The Bertz CT molecular complexity index is 1290. The number of hydrazone groups is 1. The number of amidine groups is 1. The van der Waals surface area contributed by atoms with E-state index in [0.29, 0.717) is 22.2 Å². The summed E-state index contributed by atoms with van der Waals surface area (Å²) >= 11 is 1.22. The molecule has 0 unspecified atom stereocenters. The Morgan fingerprint density at radius 1 is 1.16 bits per heavy atom. The lowest BCUT2D eigenvalue weighted by Gasteiger charge is -2.09. The van der Waals surface area contributed by atoms with Gasteiger partial charge in [-0.2, -0.15) is 10.1 Å². The van der Waals surface area contributed by atoms with Crippen molar-refractivity contribution in [1.29, 1.82) is 0 Å². The second kappa shape index (κ2) is 8.75. The number of nitrogens with zero attached hydrogens (tertiary/aromatic N) is 5. The molecule has 4 rings (SSSR count). The van der Waals surface area contributed by atoms with Crippen molar-refractivity contribution in [2.75, 3.05) is 12.9 Å². The molecule has 2 aromatic carbocycles. The second-order valence-corrected chi connectivity index (χ2v) is 7.92. The van der Waals surface area contributed by atoms with Gasteiger partial charge in [-0.25, -0.2) is 9.67 Å². The monoisotopic (exact) mass is 451 g/mol. The first-order chi connectivity index (χ1) is 15.4. The molecule has 3 aromatic rings. The molecule has 0 aliphatic carbocycles. The zero-order valence-electron chi connectivity index (χ0n) is 17.7. The summed E-state index contributed by atoms with van der Waals surface area (Å²) in [5.74, 6) is 0.237. The van der Waals surface area contributed by atoms with Gasteiger partial charge in [0.05, 0.1) is 30.5 Å². The zero-order valence-corrected chi connectivity index (χ0v) is 18.5. The molecule has 1 N–H and O–H groups in total. The number of ether oxygens (including phenoxy) is 1. The SMILES string of the molecule is COc1cc(/C=N\N2C(=O)CSC2=Nc2c(C)n(C)n(-c3ccccc3)c2=O)ccc1O. The van der Waals surface area contributed by atoms with Crippen LogP contribution in [0.2, 0.25) is 0 Å². The summed E-state index contributed by atoms with van der Waals surface area (Å²) in [6.45, 7) is 1.80. The lowest BCUT2D eigenvalue weighted by Crippen LogP contribution is -2.24. The van der Waals surface area contributed by atoms with Crippen LogP contribution in [-0.2, 0) is 11.8 Å². The number of aromatic nitrogens is 2. The molecule has 1 aliphatic heterocycles. The molecule has 1 saturated heterocycles. The number of amides is 1. The number of aliphatic imine (C=N–C) groups is 1. The lowest BCUT2D eigenvalue weighted by atomic mass is 10.2. The van der Waals surface area contributed by atoms with Crippen molar-refractivity contribution in [3.05, 3.63) is 70.1 Å². The molecular weight excluding hydrogens is 430 g/mol. The summed E-state index contributed by atoms with van der Waals surface area (Å²) in [6.07, 6.45) is 1.47. The minimum Gasteiger partial charge on any atom is -0.504 e. The van der Waals surface area contributed by atoms with Crippen LogP contribution in [0.25, 0.3) is 5.69 Å². The van der Waals surface area contributed by atoms with Gasteiger partial charge in [-0.3, -0.25) is 14.3 Å². The molecule has 164 valence electrons. The van der Waals surface area contributed by atoms with E-state index in [1.807, 2.05) is 30.3 Å². The lowest BCUT2D eigenvalue weighted by molar-refractivity contribution is -0.124. The van der Waals surface area contributed by atoms with E-state index >= 15 is 0 Å². The Morgan fingerprint density at radius 3 is 2.62 bits per heavy atom. The summed E-state index contributed by atoms with van der Waals surface area (Å²) < 4.78 is 8.36. The zero-order chi connectivity index (χ0) is 22.8. The fraction of sp³-hybridized carbons (Fsp3) is 0.182. The topological polar surface area (TPSA) is 101 Å². The van der Waals surface area contributed by atoms with Gasteiger partial charge >= 0.3 is 0 Å². The van der Waals surface area contributed by atoms with Gasteiger partial charge in [-0.15, -0.1) is 0 Å². The van der Waals surface area contributed by atoms with Crippen molar-refractivity contribution in [2.45, 2.75) is 6.92 Å². The predicted molar refractivity (Wildman–Crippen MR) is 124 cm³/mol. The number of phenols is 1. The molecule has 0 bridgehead atoms. The van der Waals surface area contributed by atoms with Gasteiger partial charge in [0.25, 0.3) is 11.5 Å². The molecule has 1 fully saturated rings. The molecule has 0 saturated carbocycles. The predicted octanol–water partition coefficient (Wildman–Crippen LogP) is 2.80. The van der Waals surface area contributed by atoms with E-state index in [2.05, 4.69) is 10.1 Å². The Balaban J connectivity index is 1.70. The highest BCUT2D eigenvalue weighted by molar-refractivity contribution is 8.15. The van der Waals surface area contributed by atoms with E-state index in [9.17, 15) is 14.7 Å². The molecule has 1 aromatic heterocycles. The maximum atomic E-state index is 13.1. The van der Waals surface area contributed by atoms with Crippen molar-refractivity contribution in [3.63, 3.8) is 0 Å². The molecule has 10 heteroatoms. The van der Waals surface area contributed by atoms with Crippen molar-refractivity contribution < 1.29 is 14.6 Å². The van der Waals surface area contributed by atoms with Gasteiger partial charge in [0.2, 0.25) is 0 Å². The van der Waals surface area contributed by atoms with Gasteiger partial charge in [-0.05, 0) is 42.8 Å². The van der Waals surface area contributed by atoms with E-state index in [4.69, 9.17) is 4.74 Å². The van der Waals surface area contributed by atoms with Crippen molar-refractivity contribution in [1.82, 2.24) is 14.4 Å². The summed E-state index contributed by atoms with van der Waals surface area (Å²) in [4.78, 5) is 30.0. The van der Waals surface area contributed by atoms with E-state index in [1.165, 1.54) is 40.8 Å². The third-order valence-electron chi connectivity index (χ3n) is 5.00. The Kier molecular flexibility index (Phi) is 5.87. The van der Waals surface area contributed by atoms with E-state index in [0.717, 1.165) is 5.69 Å². The van der Waals surface area contributed by atoms with Crippen LogP contribution in [0.4, 0.5) is 5.69 Å². The summed E-state index contributed by atoms with van der Waals surface area (Å²) in [6, 6.07) is 14.0. The fourth-order valence-electron chi connectivity index (χ4n) is 3.23. The van der Waals surface area contributed by atoms with Crippen LogP contribution in [0.5, 0.6) is 11.5 Å². The molecule has 2 heterocycles. The highest BCUT2D eigenvalue weighted by Gasteiger charge is 2.29. The molecule has 0 atom stereocenters. The maximum absolute atomic E-state index is 13.1. The number of para-hydroxylation sites is 1. The van der Waals surface area contributed by atoms with E-state index in [-0.39, 0.29) is 28.7 Å². The normalized spacial score (nSPS) is 15.3. The number of carbonyl (C=O) groups is 1. The minimum absolute atomic E-state index is 0.00829. The quantitative estimate of drug-likeness (QED) is 0.601. The Hall–Kier alpha value is -3.79. The molecule has 1 aliphatic rings. The van der Waals surface area contributed by atoms with Crippen LogP contribution >= 0.6 is 11.8 Å². The summed E-state index contributed by atoms with van der Waals surface area (Å²) in [5.41, 5.74) is 1.99. The van der Waals surface area contributed by atoms with Gasteiger partial charge < -0.3 is 9.84 Å². The average Bonchev–Trinajstić information content (AvgIpc) is 3.25. The van der Waals surface area contributed by atoms with Crippen LogP contribution < -0.4 is 10.3 Å². The first-order valence-corrected chi connectivity index (χ1v) is 10.7. The fourth-order valence-corrected chi connectivity index (χ4v) is 4.03. The Morgan fingerprint density at radius 2 is 1.91 bits per heavy atom. The van der Waals surface area contributed by atoms with Crippen LogP contribution in [0.15, 0.2) is 63.4 Å². The standard InChI is InChI=1S/C22H21N5O4S/c1-14-20(21(30)27(25(14)2)16-7-5-4-6-8-16)24-22-26(19(29)13-32-22)23-12-15-9-10-17(28)18(11-15)31-3/h4-12,28H,13H2,1-3H3/b23-12-,24-22?. The summed E-state index contributed by atoms with van der Waals surface area (Å²) in [7, 11) is 3.24. The number of thioether (sulfide) groups is 1. The number of rotatable bonds is 5. The van der Waals surface area contributed by atoms with Crippen LogP contribution in [0.1, 0.15) is 11.3 Å². The van der Waals surface area contributed by atoms with Crippen LogP contribution in [0.3, 0.4) is 0 Å².